The average Bonchev–Trinajstić information content (AvgIpc) is 3.15. The fourth-order valence-corrected chi connectivity index (χ4v) is 3.74. The van der Waals surface area contributed by atoms with E-state index in [0.29, 0.717) is 27.7 Å². The van der Waals surface area contributed by atoms with Crippen LogP contribution in [0.4, 0.5) is 10.1 Å². The summed E-state index contributed by atoms with van der Waals surface area (Å²) < 4.78 is 25.4. The SMILES string of the molecule is Cc1c(Cc2cccc(N)c2F)c(=O)oc2cc(OC3=NCCS3)ccc12. The fourth-order valence-electron chi connectivity index (χ4n) is 3.05. The highest BCUT2D eigenvalue weighted by Gasteiger charge is 2.16. The van der Waals surface area contributed by atoms with Crippen molar-refractivity contribution < 1.29 is 13.5 Å². The highest BCUT2D eigenvalue weighted by molar-refractivity contribution is 8.13. The molecule has 138 valence electrons. The maximum atomic E-state index is 14.2. The van der Waals surface area contributed by atoms with Crippen LogP contribution in [0.25, 0.3) is 11.0 Å². The summed E-state index contributed by atoms with van der Waals surface area (Å²) in [6.45, 7) is 2.57. The summed E-state index contributed by atoms with van der Waals surface area (Å²) >= 11 is 1.54. The number of benzene rings is 2. The molecule has 2 heterocycles. The van der Waals surface area contributed by atoms with Gasteiger partial charge in [-0.15, -0.1) is 0 Å². The minimum Gasteiger partial charge on any atom is -0.434 e. The van der Waals surface area contributed by atoms with Crippen molar-refractivity contribution in [2.75, 3.05) is 18.0 Å². The Balaban J connectivity index is 1.72. The molecule has 2 N–H and O–H groups in total. The molecule has 0 atom stereocenters. The number of hydrogen-bond acceptors (Lipinski definition) is 6. The lowest BCUT2D eigenvalue weighted by Crippen LogP contribution is -2.12. The smallest absolute Gasteiger partial charge is 0.340 e. The molecule has 2 aromatic carbocycles. The van der Waals surface area contributed by atoms with Crippen LogP contribution in [-0.2, 0) is 6.42 Å². The van der Waals surface area contributed by atoms with Gasteiger partial charge in [-0.25, -0.2) is 14.2 Å². The van der Waals surface area contributed by atoms with Gasteiger partial charge >= 0.3 is 5.63 Å². The molecule has 0 saturated heterocycles. The normalized spacial score (nSPS) is 13.8. The topological polar surface area (TPSA) is 77.8 Å². The van der Waals surface area contributed by atoms with Crippen LogP contribution in [0.3, 0.4) is 0 Å². The molecule has 1 aromatic heterocycles. The molecule has 0 unspecified atom stereocenters. The number of thioether (sulfide) groups is 1. The van der Waals surface area contributed by atoms with Gasteiger partial charge in [0, 0.05) is 29.2 Å². The van der Waals surface area contributed by atoms with Gasteiger partial charge in [0.1, 0.15) is 17.1 Å². The molecule has 0 amide bonds. The van der Waals surface area contributed by atoms with Crippen molar-refractivity contribution >= 4 is 33.6 Å². The molecule has 0 saturated carbocycles. The monoisotopic (exact) mass is 384 g/mol. The Bertz CT molecular complexity index is 1120. The number of hydrogen-bond donors (Lipinski definition) is 1. The van der Waals surface area contributed by atoms with Gasteiger partial charge in [-0.05, 0) is 36.2 Å². The van der Waals surface area contributed by atoms with E-state index in [0.717, 1.165) is 23.2 Å². The molecule has 0 bridgehead atoms. The number of nitrogens with two attached hydrogens (primary N) is 1. The zero-order valence-corrected chi connectivity index (χ0v) is 15.4. The second-order valence-corrected chi connectivity index (χ2v) is 7.29. The first-order chi connectivity index (χ1) is 13.0. The molecule has 0 fully saturated rings. The van der Waals surface area contributed by atoms with Crippen LogP contribution in [0, 0.1) is 12.7 Å². The Morgan fingerprint density at radius 2 is 2.19 bits per heavy atom. The lowest BCUT2D eigenvalue weighted by Gasteiger charge is -2.10. The molecule has 7 heteroatoms. The Kier molecular flexibility index (Phi) is 4.61. The lowest BCUT2D eigenvalue weighted by molar-refractivity contribution is 0.538. The minimum absolute atomic E-state index is 0.0600. The van der Waals surface area contributed by atoms with Crippen molar-refractivity contribution in [3.05, 3.63) is 69.3 Å². The van der Waals surface area contributed by atoms with E-state index in [1.54, 1.807) is 30.0 Å². The van der Waals surface area contributed by atoms with E-state index in [9.17, 15) is 9.18 Å². The van der Waals surface area contributed by atoms with Crippen LogP contribution in [0.5, 0.6) is 5.75 Å². The molecule has 3 aromatic rings. The molecule has 4 rings (SSSR count). The van der Waals surface area contributed by atoms with Gasteiger partial charge in [0.25, 0.3) is 5.23 Å². The Morgan fingerprint density at radius 1 is 1.33 bits per heavy atom. The van der Waals surface area contributed by atoms with Crippen LogP contribution < -0.4 is 16.1 Å². The maximum Gasteiger partial charge on any atom is 0.340 e. The number of aryl methyl sites for hydroxylation is 1. The second-order valence-electron chi connectivity index (χ2n) is 6.25. The first-order valence-corrected chi connectivity index (χ1v) is 9.46. The third kappa shape index (κ3) is 3.42. The van der Waals surface area contributed by atoms with Gasteiger partial charge in [-0.2, -0.15) is 0 Å². The first kappa shape index (κ1) is 17.6. The Morgan fingerprint density at radius 3 is 2.96 bits per heavy atom. The van der Waals surface area contributed by atoms with Gasteiger partial charge in [-0.1, -0.05) is 23.9 Å². The number of rotatable bonds is 3. The summed E-state index contributed by atoms with van der Waals surface area (Å²) in [6.07, 6.45) is 0.118. The third-order valence-corrected chi connectivity index (χ3v) is 5.34. The number of fused-ring (bicyclic) bond motifs is 1. The van der Waals surface area contributed by atoms with Crippen LogP contribution in [0.2, 0.25) is 0 Å². The van der Waals surface area contributed by atoms with E-state index >= 15 is 0 Å². The van der Waals surface area contributed by atoms with Crippen molar-refractivity contribution in [1.82, 2.24) is 0 Å². The van der Waals surface area contributed by atoms with Crippen molar-refractivity contribution in [3.63, 3.8) is 0 Å². The van der Waals surface area contributed by atoms with E-state index in [-0.39, 0.29) is 12.1 Å². The van der Waals surface area contributed by atoms with E-state index in [1.807, 2.05) is 19.1 Å². The van der Waals surface area contributed by atoms with Crippen LogP contribution in [0.15, 0.2) is 50.6 Å². The van der Waals surface area contributed by atoms with Crippen LogP contribution >= 0.6 is 11.8 Å². The average molecular weight is 384 g/mol. The molecule has 0 spiro atoms. The maximum absolute atomic E-state index is 14.2. The van der Waals surface area contributed by atoms with Gasteiger partial charge in [0.05, 0.1) is 12.2 Å². The predicted molar refractivity (Wildman–Crippen MR) is 106 cm³/mol. The van der Waals surface area contributed by atoms with E-state index in [4.69, 9.17) is 14.9 Å². The van der Waals surface area contributed by atoms with Crippen molar-refractivity contribution in [3.8, 4) is 5.75 Å². The van der Waals surface area contributed by atoms with Crippen molar-refractivity contribution in [2.24, 2.45) is 4.99 Å². The summed E-state index contributed by atoms with van der Waals surface area (Å²) in [5.41, 5.74) is 7.14. The van der Waals surface area contributed by atoms with Crippen LogP contribution in [-0.4, -0.2) is 17.5 Å². The predicted octanol–water partition coefficient (Wildman–Crippen LogP) is 3.90. The molecule has 1 aliphatic heterocycles. The van der Waals surface area contributed by atoms with Crippen molar-refractivity contribution in [1.29, 1.82) is 0 Å². The number of aliphatic imine (C=N–C) groups is 1. The Hall–Kier alpha value is -2.80. The summed E-state index contributed by atoms with van der Waals surface area (Å²) in [5, 5.41) is 1.39. The molecular formula is C20H17FN2O3S. The van der Waals surface area contributed by atoms with Gasteiger partial charge < -0.3 is 14.9 Å². The van der Waals surface area contributed by atoms with Crippen LogP contribution in [0.1, 0.15) is 16.7 Å². The highest BCUT2D eigenvalue weighted by Crippen LogP contribution is 2.27. The number of nitrogens with zero attached hydrogens (tertiary/aromatic N) is 1. The summed E-state index contributed by atoms with van der Waals surface area (Å²) in [4.78, 5) is 16.8. The molecule has 5 nitrogen and oxygen atoms in total. The molecule has 0 radical (unpaired) electrons. The van der Waals surface area contributed by atoms with E-state index in [2.05, 4.69) is 4.99 Å². The number of halogens is 1. The van der Waals surface area contributed by atoms with Gasteiger partial charge in [0.15, 0.2) is 0 Å². The molecule has 27 heavy (non-hydrogen) atoms. The lowest BCUT2D eigenvalue weighted by atomic mass is 9.99. The number of ether oxygens (including phenoxy) is 1. The van der Waals surface area contributed by atoms with E-state index in [1.165, 1.54) is 6.07 Å². The number of nitrogen functional groups attached to an aromatic ring is 1. The standard InChI is InChI=1S/C20H17FN2O3S/c1-11-14-6-5-13(25-20-23-7-8-27-20)10-17(14)26-19(24)15(11)9-12-3-2-4-16(22)18(12)21/h2-6,10H,7-9,22H2,1H3. The van der Waals surface area contributed by atoms with Gasteiger partial charge in [-0.3, -0.25) is 0 Å². The minimum atomic E-state index is -0.505. The zero-order valence-electron chi connectivity index (χ0n) is 14.6. The van der Waals surface area contributed by atoms with Gasteiger partial charge in [0.2, 0.25) is 0 Å². The quantitative estimate of drug-likeness (QED) is 0.547. The fraction of sp³-hybridized carbons (Fsp3) is 0.200. The summed E-state index contributed by atoms with van der Waals surface area (Å²) in [6, 6.07) is 10.1. The Labute approximate surface area is 159 Å². The summed E-state index contributed by atoms with van der Waals surface area (Å²) in [5.74, 6) is 0.962. The second kappa shape index (κ2) is 7.08. The van der Waals surface area contributed by atoms with E-state index < -0.39 is 11.4 Å². The zero-order chi connectivity index (χ0) is 19.0. The highest BCUT2D eigenvalue weighted by atomic mass is 32.2. The summed E-state index contributed by atoms with van der Waals surface area (Å²) in [7, 11) is 0. The third-order valence-electron chi connectivity index (χ3n) is 4.50. The largest absolute Gasteiger partial charge is 0.434 e. The molecular weight excluding hydrogens is 367 g/mol. The molecule has 0 aliphatic carbocycles. The number of anilines is 1. The van der Waals surface area contributed by atoms with Crippen molar-refractivity contribution in [2.45, 2.75) is 13.3 Å². The molecule has 1 aliphatic rings. The first-order valence-electron chi connectivity index (χ1n) is 8.47.